The number of nitrogens with zero attached hydrogens (tertiary/aromatic N) is 2. The van der Waals surface area contributed by atoms with Crippen molar-refractivity contribution in [2.45, 2.75) is 6.42 Å². The Morgan fingerprint density at radius 3 is 3.08 bits per heavy atom. The zero-order valence-corrected chi connectivity index (χ0v) is 14.0. The average Bonchev–Trinajstić information content (AvgIpc) is 3.30. The molecular weight excluding hydrogens is 334 g/mol. The van der Waals surface area contributed by atoms with Crippen LogP contribution in [-0.2, 0) is 6.42 Å². The molecule has 5 nitrogen and oxygen atoms in total. The molecule has 3 aromatic rings. The van der Waals surface area contributed by atoms with Gasteiger partial charge in [0.15, 0.2) is 5.13 Å². The van der Waals surface area contributed by atoms with Crippen LogP contribution in [0.3, 0.4) is 0 Å². The van der Waals surface area contributed by atoms with Gasteiger partial charge in [-0.25, -0.2) is 4.98 Å². The number of nitrogens with one attached hydrogen (secondary N) is 1. The summed E-state index contributed by atoms with van der Waals surface area (Å²) in [5, 5.41) is 14.2. The first-order valence-electron chi connectivity index (χ1n) is 7.76. The van der Waals surface area contributed by atoms with E-state index in [1.54, 1.807) is 24.3 Å². The van der Waals surface area contributed by atoms with Crippen molar-refractivity contribution in [1.82, 2.24) is 4.98 Å². The molecule has 122 valence electrons. The molecule has 0 saturated carbocycles. The summed E-state index contributed by atoms with van der Waals surface area (Å²) in [6.45, 7) is 0.721. The lowest BCUT2D eigenvalue weighted by molar-refractivity contribution is 0.102. The number of fused-ring (bicyclic) bond motifs is 1. The van der Waals surface area contributed by atoms with Crippen LogP contribution in [0.5, 0.6) is 5.75 Å². The minimum Gasteiger partial charge on any atom is -0.493 e. The molecule has 2 heterocycles. The highest BCUT2D eigenvalue weighted by Gasteiger charge is 2.15. The minimum atomic E-state index is -0.277. The number of nitriles is 1. The second-order valence-corrected chi connectivity index (χ2v) is 6.46. The van der Waals surface area contributed by atoms with E-state index in [0.717, 1.165) is 30.0 Å². The van der Waals surface area contributed by atoms with Gasteiger partial charge < -0.3 is 4.74 Å². The van der Waals surface area contributed by atoms with E-state index < -0.39 is 0 Å². The number of benzene rings is 2. The SMILES string of the molecule is N#Cc1cccc(C(=O)Nc2nc(-c3ccc4c(c3)CCO4)cs2)c1. The second kappa shape index (κ2) is 6.38. The molecule has 25 heavy (non-hydrogen) atoms. The topological polar surface area (TPSA) is 75.0 Å². The second-order valence-electron chi connectivity index (χ2n) is 5.61. The van der Waals surface area contributed by atoms with Gasteiger partial charge in [0.1, 0.15) is 5.75 Å². The molecule has 0 spiro atoms. The molecule has 4 rings (SSSR count). The van der Waals surface area contributed by atoms with E-state index in [2.05, 4.69) is 16.4 Å². The van der Waals surface area contributed by atoms with Crippen LogP contribution >= 0.6 is 11.3 Å². The fourth-order valence-electron chi connectivity index (χ4n) is 2.71. The van der Waals surface area contributed by atoms with E-state index in [4.69, 9.17) is 10.00 Å². The number of amides is 1. The van der Waals surface area contributed by atoms with E-state index in [1.807, 2.05) is 23.6 Å². The molecule has 2 aromatic carbocycles. The maximum atomic E-state index is 12.3. The van der Waals surface area contributed by atoms with E-state index in [0.29, 0.717) is 16.3 Å². The smallest absolute Gasteiger partial charge is 0.257 e. The predicted molar refractivity (Wildman–Crippen MR) is 95.9 cm³/mol. The van der Waals surface area contributed by atoms with E-state index in [9.17, 15) is 4.79 Å². The highest BCUT2D eigenvalue weighted by Crippen LogP contribution is 2.32. The molecule has 6 heteroatoms. The third-order valence-corrected chi connectivity index (χ3v) is 4.72. The third-order valence-electron chi connectivity index (χ3n) is 3.96. The van der Waals surface area contributed by atoms with Crippen molar-refractivity contribution < 1.29 is 9.53 Å². The van der Waals surface area contributed by atoms with Crippen molar-refractivity contribution >= 4 is 22.4 Å². The number of ether oxygens (including phenoxy) is 1. The first-order valence-corrected chi connectivity index (χ1v) is 8.64. The molecule has 1 aliphatic rings. The van der Waals surface area contributed by atoms with Gasteiger partial charge in [-0.1, -0.05) is 6.07 Å². The molecule has 1 amide bonds. The number of aromatic nitrogens is 1. The number of carbonyl (C=O) groups excluding carboxylic acids is 1. The molecule has 1 aliphatic heterocycles. The first kappa shape index (κ1) is 15.4. The summed E-state index contributed by atoms with van der Waals surface area (Å²) in [7, 11) is 0. The van der Waals surface area contributed by atoms with Crippen LogP contribution < -0.4 is 10.1 Å². The fraction of sp³-hybridized carbons (Fsp3) is 0.105. The van der Waals surface area contributed by atoms with Gasteiger partial charge in [0, 0.05) is 22.9 Å². The van der Waals surface area contributed by atoms with Gasteiger partial charge in [0.2, 0.25) is 0 Å². The van der Waals surface area contributed by atoms with Crippen molar-refractivity contribution in [3.63, 3.8) is 0 Å². The molecule has 0 aliphatic carbocycles. The largest absolute Gasteiger partial charge is 0.493 e. The van der Waals surface area contributed by atoms with E-state index in [-0.39, 0.29) is 5.91 Å². The van der Waals surface area contributed by atoms with Crippen molar-refractivity contribution in [1.29, 1.82) is 5.26 Å². The molecule has 0 saturated heterocycles. The quantitative estimate of drug-likeness (QED) is 0.780. The number of hydrogen-bond donors (Lipinski definition) is 1. The Balaban J connectivity index is 1.53. The van der Waals surface area contributed by atoms with Crippen LogP contribution in [0.15, 0.2) is 47.8 Å². The highest BCUT2D eigenvalue weighted by molar-refractivity contribution is 7.14. The van der Waals surface area contributed by atoms with Crippen molar-refractivity contribution in [3.05, 3.63) is 64.5 Å². The van der Waals surface area contributed by atoms with Gasteiger partial charge >= 0.3 is 0 Å². The van der Waals surface area contributed by atoms with Gasteiger partial charge in [0.05, 0.1) is 23.9 Å². The van der Waals surface area contributed by atoms with Crippen molar-refractivity contribution in [2.24, 2.45) is 0 Å². The zero-order chi connectivity index (χ0) is 17.2. The number of carbonyl (C=O) groups is 1. The Kier molecular flexibility index (Phi) is 3.92. The van der Waals surface area contributed by atoms with Gasteiger partial charge in [0.25, 0.3) is 5.91 Å². The summed E-state index contributed by atoms with van der Waals surface area (Å²) in [4.78, 5) is 16.8. The minimum absolute atomic E-state index is 0.277. The lowest BCUT2D eigenvalue weighted by atomic mass is 10.1. The van der Waals surface area contributed by atoms with E-state index in [1.165, 1.54) is 16.9 Å². The molecule has 0 atom stereocenters. The molecular formula is C19H13N3O2S. The van der Waals surface area contributed by atoms with Crippen molar-refractivity contribution in [3.8, 4) is 23.1 Å². The average molecular weight is 347 g/mol. The Morgan fingerprint density at radius 1 is 1.28 bits per heavy atom. The highest BCUT2D eigenvalue weighted by atomic mass is 32.1. The number of thiazole rings is 1. The molecule has 0 radical (unpaired) electrons. The summed E-state index contributed by atoms with van der Waals surface area (Å²) in [6, 6.07) is 14.6. The Bertz CT molecular complexity index is 1000. The number of rotatable bonds is 3. The lowest BCUT2D eigenvalue weighted by Gasteiger charge is -2.03. The zero-order valence-electron chi connectivity index (χ0n) is 13.2. The summed E-state index contributed by atoms with van der Waals surface area (Å²) in [5.74, 6) is 0.658. The van der Waals surface area contributed by atoms with Crippen LogP contribution in [0.2, 0.25) is 0 Å². The monoisotopic (exact) mass is 347 g/mol. The standard InChI is InChI=1S/C19H13N3O2S/c20-10-12-2-1-3-15(8-12)18(23)22-19-21-16(11-25-19)13-4-5-17-14(9-13)6-7-24-17/h1-5,8-9,11H,6-7H2,(H,21,22,23). The summed E-state index contributed by atoms with van der Waals surface area (Å²) < 4.78 is 5.52. The van der Waals surface area contributed by atoms with Crippen molar-refractivity contribution in [2.75, 3.05) is 11.9 Å². The molecule has 0 bridgehead atoms. The Labute approximate surface area is 148 Å². The van der Waals surface area contributed by atoms with Gasteiger partial charge in [-0.15, -0.1) is 11.3 Å². The van der Waals surface area contributed by atoms with Crippen LogP contribution in [0.4, 0.5) is 5.13 Å². The fourth-order valence-corrected chi connectivity index (χ4v) is 3.42. The van der Waals surface area contributed by atoms with Gasteiger partial charge in [-0.05, 0) is 42.0 Å². The summed E-state index contributed by atoms with van der Waals surface area (Å²) in [5.41, 5.74) is 3.90. The molecule has 0 fully saturated rings. The van der Waals surface area contributed by atoms with Gasteiger partial charge in [-0.3, -0.25) is 10.1 Å². The van der Waals surface area contributed by atoms with Crippen LogP contribution in [0.25, 0.3) is 11.3 Å². The van der Waals surface area contributed by atoms with Gasteiger partial charge in [-0.2, -0.15) is 5.26 Å². The Hall–Kier alpha value is -3.17. The molecule has 1 aromatic heterocycles. The predicted octanol–water partition coefficient (Wildman–Crippen LogP) is 3.87. The van der Waals surface area contributed by atoms with E-state index >= 15 is 0 Å². The maximum absolute atomic E-state index is 12.3. The molecule has 1 N–H and O–H groups in total. The number of hydrogen-bond acceptors (Lipinski definition) is 5. The first-order chi connectivity index (χ1) is 12.2. The Morgan fingerprint density at radius 2 is 2.20 bits per heavy atom. The normalized spacial score (nSPS) is 12.1. The van der Waals surface area contributed by atoms with Crippen LogP contribution in [-0.4, -0.2) is 17.5 Å². The third kappa shape index (κ3) is 3.10. The lowest BCUT2D eigenvalue weighted by Crippen LogP contribution is -2.11. The van der Waals surface area contributed by atoms with Crippen LogP contribution in [0, 0.1) is 11.3 Å². The maximum Gasteiger partial charge on any atom is 0.257 e. The molecule has 0 unspecified atom stereocenters. The summed E-state index contributed by atoms with van der Waals surface area (Å²) in [6.07, 6.45) is 0.909. The summed E-state index contributed by atoms with van der Waals surface area (Å²) >= 11 is 1.37. The number of anilines is 1. The van der Waals surface area contributed by atoms with Crippen LogP contribution in [0.1, 0.15) is 21.5 Å².